The Morgan fingerprint density at radius 1 is 1.29 bits per heavy atom. The summed E-state index contributed by atoms with van der Waals surface area (Å²) in [4.78, 5) is 2.50. The molecule has 0 amide bonds. The molecule has 1 aliphatic carbocycles. The number of rotatable bonds is 9. The van der Waals surface area contributed by atoms with Crippen LogP contribution in [0.3, 0.4) is 0 Å². The van der Waals surface area contributed by atoms with Gasteiger partial charge in [-0.3, -0.25) is 4.90 Å². The second-order valence-corrected chi connectivity index (χ2v) is 5.48. The van der Waals surface area contributed by atoms with Crippen LogP contribution < -0.4 is 10.1 Å². The van der Waals surface area contributed by atoms with Crippen molar-refractivity contribution in [1.29, 1.82) is 0 Å². The van der Waals surface area contributed by atoms with E-state index in [1.54, 1.807) is 12.1 Å². The Morgan fingerprint density at radius 2 is 1.95 bits per heavy atom. The third kappa shape index (κ3) is 5.25. The number of likely N-dealkylation sites (N-methyl/N-ethyl adjacent to an activating group) is 1. The molecule has 1 aliphatic rings. The topological polar surface area (TPSA) is 24.5 Å². The van der Waals surface area contributed by atoms with Crippen molar-refractivity contribution in [1.82, 2.24) is 10.2 Å². The normalized spacial score (nSPS) is 16.5. The van der Waals surface area contributed by atoms with Crippen molar-refractivity contribution in [2.24, 2.45) is 0 Å². The fraction of sp³-hybridized carbons (Fsp3) is 0.625. The average molecular weight is 298 g/mol. The smallest absolute Gasteiger partial charge is 0.387 e. The Bertz CT molecular complexity index is 421. The van der Waals surface area contributed by atoms with Gasteiger partial charge in [0.1, 0.15) is 5.75 Å². The molecular weight excluding hydrogens is 274 g/mol. The van der Waals surface area contributed by atoms with E-state index in [4.69, 9.17) is 0 Å². The van der Waals surface area contributed by atoms with Crippen molar-refractivity contribution in [3.8, 4) is 5.75 Å². The molecule has 0 spiro atoms. The molecule has 0 bridgehead atoms. The van der Waals surface area contributed by atoms with Gasteiger partial charge in [0.05, 0.1) is 0 Å². The standard InChI is InChI=1S/C16H24F2N2O/c1-3-20(14-6-7-14)11-10-19-12(2)13-4-8-15(9-5-13)21-16(17)18/h4-5,8-9,12,14,16,19H,3,6-7,10-11H2,1-2H3. The molecule has 1 aromatic carbocycles. The maximum absolute atomic E-state index is 12.1. The lowest BCUT2D eigenvalue weighted by atomic mass is 10.1. The van der Waals surface area contributed by atoms with E-state index in [2.05, 4.69) is 28.8 Å². The van der Waals surface area contributed by atoms with E-state index in [1.165, 1.54) is 12.8 Å². The lowest BCUT2D eigenvalue weighted by Gasteiger charge is -2.22. The summed E-state index contributed by atoms with van der Waals surface area (Å²) in [5.41, 5.74) is 1.08. The zero-order chi connectivity index (χ0) is 15.2. The Labute approximate surface area is 125 Å². The van der Waals surface area contributed by atoms with Crippen LogP contribution in [0.1, 0.15) is 38.3 Å². The van der Waals surface area contributed by atoms with Gasteiger partial charge in [0.15, 0.2) is 0 Å². The molecule has 3 nitrogen and oxygen atoms in total. The van der Waals surface area contributed by atoms with Crippen LogP contribution in [-0.2, 0) is 0 Å². The Kier molecular flexibility index (Phi) is 5.94. The number of halogens is 2. The van der Waals surface area contributed by atoms with Crippen LogP contribution in [0.15, 0.2) is 24.3 Å². The highest BCUT2D eigenvalue weighted by Gasteiger charge is 2.27. The van der Waals surface area contributed by atoms with Crippen LogP contribution in [0.5, 0.6) is 5.75 Å². The first-order valence-electron chi connectivity index (χ1n) is 7.62. The van der Waals surface area contributed by atoms with Gasteiger partial charge in [-0.1, -0.05) is 19.1 Å². The first-order chi connectivity index (χ1) is 10.1. The average Bonchev–Trinajstić information content (AvgIpc) is 3.28. The molecule has 0 heterocycles. The van der Waals surface area contributed by atoms with E-state index < -0.39 is 6.61 Å². The third-order valence-electron chi connectivity index (χ3n) is 3.92. The number of ether oxygens (including phenoxy) is 1. The minimum Gasteiger partial charge on any atom is -0.435 e. The zero-order valence-electron chi connectivity index (χ0n) is 12.7. The van der Waals surface area contributed by atoms with Crippen molar-refractivity contribution >= 4 is 0 Å². The summed E-state index contributed by atoms with van der Waals surface area (Å²) < 4.78 is 28.5. The molecule has 1 saturated carbocycles. The molecule has 1 unspecified atom stereocenters. The van der Waals surface area contributed by atoms with Crippen molar-refractivity contribution < 1.29 is 13.5 Å². The van der Waals surface area contributed by atoms with E-state index in [0.717, 1.165) is 31.2 Å². The minimum atomic E-state index is -2.77. The Balaban J connectivity index is 1.75. The highest BCUT2D eigenvalue weighted by molar-refractivity contribution is 5.28. The van der Waals surface area contributed by atoms with Crippen molar-refractivity contribution in [3.05, 3.63) is 29.8 Å². The van der Waals surface area contributed by atoms with Gasteiger partial charge in [-0.15, -0.1) is 0 Å². The van der Waals surface area contributed by atoms with E-state index >= 15 is 0 Å². The molecule has 5 heteroatoms. The number of alkyl halides is 2. The Morgan fingerprint density at radius 3 is 2.48 bits per heavy atom. The molecule has 2 rings (SSSR count). The summed E-state index contributed by atoms with van der Waals surface area (Å²) in [6.07, 6.45) is 2.66. The van der Waals surface area contributed by atoms with E-state index in [-0.39, 0.29) is 11.8 Å². The van der Waals surface area contributed by atoms with Gasteiger partial charge >= 0.3 is 6.61 Å². The van der Waals surface area contributed by atoms with E-state index in [0.29, 0.717) is 0 Å². The first-order valence-corrected chi connectivity index (χ1v) is 7.62. The van der Waals surface area contributed by atoms with Gasteiger partial charge in [0.25, 0.3) is 0 Å². The second kappa shape index (κ2) is 7.71. The third-order valence-corrected chi connectivity index (χ3v) is 3.92. The fourth-order valence-corrected chi connectivity index (χ4v) is 2.52. The Hall–Kier alpha value is -1.20. The SMILES string of the molecule is CCN(CCNC(C)c1ccc(OC(F)F)cc1)C1CC1. The molecule has 1 fully saturated rings. The van der Waals surface area contributed by atoms with Gasteiger partial charge in [0, 0.05) is 25.2 Å². The molecule has 1 aromatic rings. The minimum absolute atomic E-state index is 0.198. The van der Waals surface area contributed by atoms with Gasteiger partial charge < -0.3 is 10.1 Å². The predicted molar refractivity (Wildman–Crippen MR) is 79.8 cm³/mol. The van der Waals surface area contributed by atoms with Gasteiger partial charge in [0.2, 0.25) is 0 Å². The lowest BCUT2D eigenvalue weighted by Crippen LogP contribution is -2.34. The highest BCUT2D eigenvalue weighted by atomic mass is 19.3. The van der Waals surface area contributed by atoms with Gasteiger partial charge in [-0.2, -0.15) is 8.78 Å². The van der Waals surface area contributed by atoms with E-state index in [1.807, 2.05) is 12.1 Å². The number of nitrogens with one attached hydrogen (secondary N) is 1. The zero-order valence-corrected chi connectivity index (χ0v) is 12.7. The van der Waals surface area contributed by atoms with E-state index in [9.17, 15) is 8.78 Å². The second-order valence-electron chi connectivity index (χ2n) is 5.48. The number of benzene rings is 1. The number of nitrogens with zero attached hydrogens (tertiary/aromatic N) is 1. The van der Waals surface area contributed by atoms with Crippen LogP contribution in [-0.4, -0.2) is 37.2 Å². The summed E-state index contributed by atoms with van der Waals surface area (Å²) in [5, 5.41) is 3.48. The van der Waals surface area contributed by atoms with Gasteiger partial charge in [-0.25, -0.2) is 0 Å². The lowest BCUT2D eigenvalue weighted by molar-refractivity contribution is -0.0498. The molecular formula is C16H24F2N2O. The summed E-state index contributed by atoms with van der Waals surface area (Å²) in [6.45, 7) is 4.59. The molecule has 0 radical (unpaired) electrons. The summed E-state index contributed by atoms with van der Waals surface area (Å²) in [7, 11) is 0. The van der Waals surface area contributed by atoms with Crippen molar-refractivity contribution in [2.45, 2.75) is 45.4 Å². The maximum Gasteiger partial charge on any atom is 0.387 e. The van der Waals surface area contributed by atoms with Gasteiger partial charge in [-0.05, 0) is 44.0 Å². The molecule has 0 aromatic heterocycles. The summed E-state index contributed by atoms with van der Waals surface area (Å²) >= 11 is 0. The van der Waals surface area contributed by atoms with Crippen LogP contribution in [0.2, 0.25) is 0 Å². The molecule has 118 valence electrons. The summed E-state index contributed by atoms with van der Waals surface area (Å²) in [6, 6.07) is 7.81. The number of hydrogen-bond acceptors (Lipinski definition) is 3. The van der Waals surface area contributed by atoms with Crippen LogP contribution in [0.25, 0.3) is 0 Å². The van der Waals surface area contributed by atoms with Crippen LogP contribution in [0, 0.1) is 0 Å². The molecule has 0 saturated heterocycles. The van der Waals surface area contributed by atoms with Crippen molar-refractivity contribution in [3.63, 3.8) is 0 Å². The number of hydrogen-bond donors (Lipinski definition) is 1. The largest absolute Gasteiger partial charge is 0.435 e. The quantitative estimate of drug-likeness (QED) is 0.756. The maximum atomic E-state index is 12.1. The first kappa shape index (κ1) is 16.2. The monoisotopic (exact) mass is 298 g/mol. The van der Waals surface area contributed by atoms with Crippen molar-refractivity contribution in [2.75, 3.05) is 19.6 Å². The van der Waals surface area contributed by atoms with Crippen LogP contribution in [0.4, 0.5) is 8.78 Å². The fourth-order valence-electron chi connectivity index (χ4n) is 2.52. The molecule has 1 N–H and O–H groups in total. The molecule has 1 atom stereocenters. The summed E-state index contributed by atoms with van der Waals surface area (Å²) in [5.74, 6) is 0.201. The molecule has 21 heavy (non-hydrogen) atoms. The van der Waals surface area contributed by atoms with Crippen LogP contribution >= 0.6 is 0 Å². The molecule has 0 aliphatic heterocycles. The highest BCUT2D eigenvalue weighted by Crippen LogP contribution is 2.26. The predicted octanol–water partition coefficient (Wildman–Crippen LogP) is 3.42.